The quantitative estimate of drug-likeness (QED) is 0.766. The third kappa shape index (κ3) is 3.35. The lowest BCUT2D eigenvalue weighted by molar-refractivity contribution is 0.199. The van der Waals surface area contributed by atoms with Crippen LogP contribution in [0.25, 0.3) is 0 Å². The van der Waals surface area contributed by atoms with Gasteiger partial charge in [-0.3, -0.25) is 0 Å². The van der Waals surface area contributed by atoms with Gasteiger partial charge in [0.1, 0.15) is 0 Å². The van der Waals surface area contributed by atoms with E-state index in [1.165, 1.54) is 11.3 Å². The summed E-state index contributed by atoms with van der Waals surface area (Å²) in [7, 11) is 0. The second-order valence-electron chi connectivity index (χ2n) is 3.58. The van der Waals surface area contributed by atoms with Crippen LogP contribution in [-0.2, 0) is 0 Å². The summed E-state index contributed by atoms with van der Waals surface area (Å²) >= 11 is 1.88. The van der Waals surface area contributed by atoms with E-state index in [1.807, 2.05) is 23.9 Å². The Morgan fingerprint density at radius 2 is 1.79 bits per heavy atom. The second kappa shape index (κ2) is 5.42. The lowest BCUT2D eigenvalue weighted by Crippen LogP contribution is -1.93. The maximum Gasteiger partial charge on any atom is 0.0761 e. The van der Waals surface area contributed by atoms with Crippen molar-refractivity contribution in [3.63, 3.8) is 0 Å². The molecule has 0 bridgehead atoms. The van der Waals surface area contributed by atoms with Crippen LogP contribution in [0.15, 0.2) is 29.2 Å². The van der Waals surface area contributed by atoms with Crippen molar-refractivity contribution in [1.82, 2.24) is 0 Å². The van der Waals surface area contributed by atoms with E-state index in [0.29, 0.717) is 5.25 Å². The van der Waals surface area contributed by atoms with Gasteiger partial charge in [-0.05, 0) is 31.0 Å². The van der Waals surface area contributed by atoms with E-state index in [1.54, 1.807) is 6.92 Å². The SMILES string of the molecule is CCC(C)Sc1ccc([C@H](C)O)cc1. The first-order valence-corrected chi connectivity index (χ1v) is 5.96. The zero-order chi connectivity index (χ0) is 10.6. The molecule has 0 heterocycles. The Morgan fingerprint density at radius 3 is 2.21 bits per heavy atom. The fourth-order valence-electron chi connectivity index (χ4n) is 1.14. The van der Waals surface area contributed by atoms with Gasteiger partial charge in [0.25, 0.3) is 0 Å². The van der Waals surface area contributed by atoms with E-state index in [-0.39, 0.29) is 6.10 Å². The van der Waals surface area contributed by atoms with Gasteiger partial charge in [-0.1, -0.05) is 26.0 Å². The smallest absolute Gasteiger partial charge is 0.0761 e. The monoisotopic (exact) mass is 210 g/mol. The van der Waals surface area contributed by atoms with Gasteiger partial charge in [-0.15, -0.1) is 11.8 Å². The molecule has 14 heavy (non-hydrogen) atoms. The Bertz CT molecular complexity index is 266. The van der Waals surface area contributed by atoms with Crippen LogP contribution in [0, 0.1) is 0 Å². The normalized spacial score (nSPS) is 15.1. The van der Waals surface area contributed by atoms with E-state index in [2.05, 4.69) is 26.0 Å². The molecule has 78 valence electrons. The first-order chi connectivity index (χ1) is 6.63. The van der Waals surface area contributed by atoms with E-state index in [4.69, 9.17) is 0 Å². The lowest BCUT2D eigenvalue weighted by atomic mass is 10.1. The van der Waals surface area contributed by atoms with E-state index in [9.17, 15) is 5.11 Å². The predicted molar refractivity (Wildman–Crippen MR) is 62.7 cm³/mol. The van der Waals surface area contributed by atoms with Crippen LogP contribution in [-0.4, -0.2) is 10.4 Å². The standard InChI is InChI=1S/C12H18OS/c1-4-9(2)14-12-7-5-11(6-8-12)10(3)13/h5-10,13H,4H2,1-3H3/t9?,10-/m0/s1. The van der Waals surface area contributed by atoms with Crippen molar-refractivity contribution in [3.05, 3.63) is 29.8 Å². The molecule has 1 unspecified atom stereocenters. The van der Waals surface area contributed by atoms with Gasteiger partial charge < -0.3 is 5.11 Å². The molecule has 0 aliphatic rings. The van der Waals surface area contributed by atoms with Crippen LogP contribution in [0.3, 0.4) is 0 Å². The molecule has 1 aromatic carbocycles. The molecule has 0 spiro atoms. The second-order valence-corrected chi connectivity index (χ2v) is 5.09. The molecule has 0 radical (unpaired) electrons. The largest absolute Gasteiger partial charge is 0.389 e. The van der Waals surface area contributed by atoms with Crippen molar-refractivity contribution in [2.45, 2.75) is 43.4 Å². The number of hydrogen-bond acceptors (Lipinski definition) is 2. The minimum absolute atomic E-state index is 0.363. The molecule has 2 heteroatoms. The van der Waals surface area contributed by atoms with E-state index in [0.717, 1.165) is 5.56 Å². The summed E-state index contributed by atoms with van der Waals surface area (Å²) in [5.74, 6) is 0. The summed E-state index contributed by atoms with van der Waals surface area (Å²) in [5.41, 5.74) is 0.985. The maximum atomic E-state index is 9.34. The summed E-state index contributed by atoms with van der Waals surface area (Å²) in [4.78, 5) is 1.28. The van der Waals surface area contributed by atoms with Gasteiger partial charge in [0.05, 0.1) is 6.10 Å². The Hall–Kier alpha value is -0.470. The van der Waals surface area contributed by atoms with Gasteiger partial charge >= 0.3 is 0 Å². The number of hydrogen-bond donors (Lipinski definition) is 1. The molecule has 1 nitrogen and oxygen atoms in total. The number of rotatable bonds is 4. The topological polar surface area (TPSA) is 20.2 Å². The fraction of sp³-hybridized carbons (Fsp3) is 0.500. The van der Waals surface area contributed by atoms with Crippen molar-refractivity contribution in [1.29, 1.82) is 0 Å². The van der Waals surface area contributed by atoms with Crippen LogP contribution < -0.4 is 0 Å². The highest BCUT2D eigenvalue weighted by Crippen LogP contribution is 2.26. The van der Waals surface area contributed by atoms with Crippen LogP contribution >= 0.6 is 11.8 Å². The average molecular weight is 210 g/mol. The Morgan fingerprint density at radius 1 is 1.21 bits per heavy atom. The number of thioether (sulfide) groups is 1. The Kier molecular flexibility index (Phi) is 4.49. The van der Waals surface area contributed by atoms with Gasteiger partial charge in [-0.25, -0.2) is 0 Å². The minimum atomic E-state index is -0.363. The lowest BCUT2D eigenvalue weighted by Gasteiger charge is -2.09. The average Bonchev–Trinajstić information content (AvgIpc) is 2.18. The molecule has 0 aromatic heterocycles. The van der Waals surface area contributed by atoms with Crippen molar-refractivity contribution in [2.75, 3.05) is 0 Å². The number of benzene rings is 1. The first-order valence-electron chi connectivity index (χ1n) is 5.08. The van der Waals surface area contributed by atoms with Gasteiger partial charge in [0.2, 0.25) is 0 Å². The third-order valence-corrected chi connectivity index (χ3v) is 3.55. The molecule has 0 saturated carbocycles. The molecule has 0 aliphatic carbocycles. The van der Waals surface area contributed by atoms with Gasteiger partial charge in [0, 0.05) is 10.1 Å². The molecule has 1 aromatic rings. The molecule has 0 aliphatic heterocycles. The first kappa shape index (κ1) is 11.6. The zero-order valence-electron chi connectivity index (χ0n) is 9.03. The maximum absolute atomic E-state index is 9.34. The highest BCUT2D eigenvalue weighted by Gasteiger charge is 2.03. The van der Waals surface area contributed by atoms with Crippen molar-refractivity contribution in [3.8, 4) is 0 Å². The number of aliphatic hydroxyl groups is 1. The highest BCUT2D eigenvalue weighted by molar-refractivity contribution is 7.99. The van der Waals surface area contributed by atoms with E-state index < -0.39 is 0 Å². The molecule has 0 amide bonds. The minimum Gasteiger partial charge on any atom is -0.389 e. The van der Waals surface area contributed by atoms with Crippen molar-refractivity contribution in [2.24, 2.45) is 0 Å². The molecule has 0 fully saturated rings. The van der Waals surface area contributed by atoms with Crippen LogP contribution in [0.5, 0.6) is 0 Å². The Labute approximate surface area is 90.5 Å². The number of aliphatic hydroxyl groups excluding tert-OH is 1. The molecular formula is C12H18OS. The van der Waals surface area contributed by atoms with Crippen LogP contribution in [0.1, 0.15) is 38.9 Å². The fourth-order valence-corrected chi connectivity index (χ4v) is 2.07. The van der Waals surface area contributed by atoms with Crippen LogP contribution in [0.4, 0.5) is 0 Å². The molecule has 1 N–H and O–H groups in total. The molecular weight excluding hydrogens is 192 g/mol. The van der Waals surface area contributed by atoms with Crippen LogP contribution in [0.2, 0.25) is 0 Å². The summed E-state index contributed by atoms with van der Waals surface area (Å²) < 4.78 is 0. The summed E-state index contributed by atoms with van der Waals surface area (Å²) in [6.45, 7) is 6.21. The summed E-state index contributed by atoms with van der Waals surface area (Å²) in [5, 5.41) is 10.00. The molecule has 2 atom stereocenters. The zero-order valence-corrected chi connectivity index (χ0v) is 9.84. The molecule has 1 rings (SSSR count). The summed E-state index contributed by atoms with van der Waals surface area (Å²) in [6.07, 6.45) is 0.820. The highest BCUT2D eigenvalue weighted by atomic mass is 32.2. The third-order valence-electron chi connectivity index (χ3n) is 2.27. The molecule has 0 saturated heterocycles. The van der Waals surface area contributed by atoms with Gasteiger partial charge in [-0.2, -0.15) is 0 Å². The predicted octanol–water partition coefficient (Wildman–Crippen LogP) is 3.63. The van der Waals surface area contributed by atoms with E-state index >= 15 is 0 Å². The summed E-state index contributed by atoms with van der Waals surface area (Å²) in [6, 6.07) is 8.16. The van der Waals surface area contributed by atoms with Crippen molar-refractivity contribution < 1.29 is 5.11 Å². The van der Waals surface area contributed by atoms with Crippen molar-refractivity contribution >= 4 is 11.8 Å². The Balaban J connectivity index is 2.64. The van der Waals surface area contributed by atoms with Gasteiger partial charge in [0.15, 0.2) is 0 Å².